The first-order chi connectivity index (χ1) is 8.90. The third kappa shape index (κ3) is 2.60. The van der Waals surface area contributed by atoms with Gasteiger partial charge in [0.1, 0.15) is 11.3 Å². The van der Waals surface area contributed by atoms with E-state index in [1.54, 1.807) is 12.1 Å². The van der Waals surface area contributed by atoms with E-state index in [4.69, 9.17) is 4.74 Å². The lowest BCUT2D eigenvalue weighted by molar-refractivity contribution is -0.137. The van der Waals surface area contributed by atoms with Crippen LogP contribution in [0.5, 0.6) is 5.75 Å². The van der Waals surface area contributed by atoms with E-state index >= 15 is 0 Å². The van der Waals surface area contributed by atoms with Gasteiger partial charge in [-0.3, -0.25) is 0 Å². The zero-order valence-corrected chi connectivity index (χ0v) is 13.0. The van der Waals surface area contributed by atoms with Gasteiger partial charge >= 0.3 is 6.18 Å². The predicted molar refractivity (Wildman–Crippen MR) is 75.8 cm³/mol. The van der Waals surface area contributed by atoms with Gasteiger partial charge < -0.3 is 4.74 Å². The average Bonchev–Trinajstić information content (AvgIpc) is 2.36. The lowest BCUT2D eigenvalue weighted by Gasteiger charge is -2.16. The molecule has 0 aliphatic carbocycles. The Morgan fingerprint density at radius 3 is 2.26 bits per heavy atom. The molecule has 0 heterocycles. The summed E-state index contributed by atoms with van der Waals surface area (Å²) in [6.07, 6.45) is -4.46. The van der Waals surface area contributed by atoms with Crippen molar-refractivity contribution < 1.29 is 17.9 Å². The van der Waals surface area contributed by atoms with Crippen LogP contribution in [0.4, 0.5) is 13.2 Å². The Morgan fingerprint density at radius 1 is 1.11 bits per heavy atom. The quantitative estimate of drug-likeness (QED) is 0.606. The number of methoxy groups -OCH3 is 1. The number of hydrogen-bond acceptors (Lipinski definition) is 1. The highest BCUT2D eigenvalue weighted by Crippen LogP contribution is 2.43. The van der Waals surface area contributed by atoms with E-state index in [9.17, 15) is 13.2 Å². The molecule has 0 aliphatic rings. The standard InChI is InChI=1S/C13H9Br2F3O/c1-19-11-5-3-7-8(12(11)13(16,17)18)2-4-10(15)9(7)6-14/h2-5H,6H2,1H3. The van der Waals surface area contributed by atoms with Crippen LogP contribution in [0, 0.1) is 0 Å². The first-order valence-electron chi connectivity index (χ1n) is 5.31. The van der Waals surface area contributed by atoms with Crippen molar-refractivity contribution in [3.8, 4) is 5.75 Å². The summed E-state index contributed by atoms with van der Waals surface area (Å²) in [5, 5.41) is 1.16. The molecule has 0 N–H and O–H groups in total. The van der Waals surface area contributed by atoms with Crippen LogP contribution in [0.1, 0.15) is 11.1 Å². The van der Waals surface area contributed by atoms with Gasteiger partial charge in [0.2, 0.25) is 0 Å². The number of rotatable bonds is 2. The molecule has 0 fully saturated rings. The highest BCUT2D eigenvalue weighted by atomic mass is 79.9. The lowest BCUT2D eigenvalue weighted by Crippen LogP contribution is -2.08. The normalized spacial score (nSPS) is 11.9. The molecule has 0 amide bonds. The fourth-order valence-electron chi connectivity index (χ4n) is 2.02. The van der Waals surface area contributed by atoms with Crippen LogP contribution in [0.25, 0.3) is 10.8 Å². The van der Waals surface area contributed by atoms with Crippen molar-refractivity contribution in [3.63, 3.8) is 0 Å². The third-order valence-electron chi connectivity index (χ3n) is 2.85. The van der Waals surface area contributed by atoms with Crippen LogP contribution in [-0.2, 0) is 11.5 Å². The van der Waals surface area contributed by atoms with Crippen LogP contribution in [-0.4, -0.2) is 7.11 Å². The molecule has 0 saturated heterocycles. The van der Waals surface area contributed by atoms with Crippen LogP contribution >= 0.6 is 31.9 Å². The van der Waals surface area contributed by atoms with Crippen molar-refractivity contribution in [2.75, 3.05) is 7.11 Å². The fourth-order valence-corrected chi connectivity index (χ4v) is 3.49. The summed E-state index contributed by atoms with van der Waals surface area (Å²) in [6, 6.07) is 6.07. The van der Waals surface area contributed by atoms with Crippen molar-refractivity contribution in [2.45, 2.75) is 11.5 Å². The molecule has 19 heavy (non-hydrogen) atoms. The van der Waals surface area contributed by atoms with Gasteiger partial charge in [-0.1, -0.05) is 44.0 Å². The number of halogens is 5. The van der Waals surface area contributed by atoms with Gasteiger partial charge in [0.05, 0.1) is 7.11 Å². The summed E-state index contributed by atoms with van der Waals surface area (Å²) in [7, 11) is 1.24. The monoisotopic (exact) mass is 396 g/mol. The molecule has 102 valence electrons. The fraction of sp³-hybridized carbons (Fsp3) is 0.231. The lowest BCUT2D eigenvalue weighted by atomic mass is 9.99. The van der Waals surface area contributed by atoms with Gasteiger partial charge in [-0.2, -0.15) is 13.2 Å². The van der Waals surface area contributed by atoms with Crippen molar-refractivity contribution in [1.29, 1.82) is 0 Å². The minimum Gasteiger partial charge on any atom is -0.496 e. The van der Waals surface area contributed by atoms with Gasteiger partial charge in [0, 0.05) is 9.80 Å². The number of hydrogen-bond donors (Lipinski definition) is 0. The summed E-state index contributed by atoms with van der Waals surface area (Å²) in [5.74, 6) is -0.164. The smallest absolute Gasteiger partial charge is 0.420 e. The summed E-state index contributed by atoms with van der Waals surface area (Å²) in [6.45, 7) is 0. The molecule has 2 aromatic carbocycles. The van der Waals surface area contributed by atoms with Gasteiger partial charge in [-0.15, -0.1) is 0 Å². The number of fused-ring (bicyclic) bond motifs is 1. The minimum atomic E-state index is -4.46. The van der Waals surface area contributed by atoms with Crippen LogP contribution in [0.3, 0.4) is 0 Å². The highest BCUT2D eigenvalue weighted by molar-refractivity contribution is 9.10. The molecule has 0 saturated carbocycles. The maximum absolute atomic E-state index is 13.2. The molecule has 0 aliphatic heterocycles. The number of ether oxygens (including phenoxy) is 1. The second kappa shape index (κ2) is 5.32. The summed E-state index contributed by atoms with van der Waals surface area (Å²) >= 11 is 6.64. The Kier molecular flexibility index (Phi) is 4.11. The third-order valence-corrected chi connectivity index (χ3v) is 4.16. The second-order valence-electron chi connectivity index (χ2n) is 3.90. The minimum absolute atomic E-state index is 0.143. The van der Waals surface area contributed by atoms with Crippen molar-refractivity contribution in [1.82, 2.24) is 0 Å². The molecule has 0 atom stereocenters. The maximum Gasteiger partial charge on any atom is 0.420 e. The molecular weight excluding hydrogens is 389 g/mol. The summed E-state index contributed by atoms with van der Waals surface area (Å²) < 4.78 is 45.2. The Labute approximate surface area is 125 Å². The molecule has 6 heteroatoms. The molecular formula is C13H9Br2F3O. The van der Waals surface area contributed by atoms with E-state index in [1.165, 1.54) is 19.2 Å². The molecule has 0 spiro atoms. The Balaban J connectivity index is 2.91. The van der Waals surface area contributed by atoms with Crippen molar-refractivity contribution >= 4 is 42.6 Å². The Bertz CT molecular complexity index is 623. The molecule has 2 aromatic rings. The van der Waals surface area contributed by atoms with E-state index in [0.29, 0.717) is 10.7 Å². The predicted octanol–water partition coefficient (Wildman–Crippen LogP) is 5.52. The first kappa shape index (κ1) is 14.7. The summed E-state index contributed by atoms with van der Waals surface area (Å²) in [4.78, 5) is 0. The number of alkyl halides is 4. The Morgan fingerprint density at radius 2 is 1.74 bits per heavy atom. The van der Waals surface area contributed by atoms with E-state index < -0.39 is 11.7 Å². The van der Waals surface area contributed by atoms with E-state index in [1.807, 2.05) is 0 Å². The van der Waals surface area contributed by atoms with Gasteiger partial charge in [-0.25, -0.2) is 0 Å². The van der Waals surface area contributed by atoms with E-state index in [-0.39, 0.29) is 11.1 Å². The molecule has 1 nitrogen and oxygen atoms in total. The maximum atomic E-state index is 13.2. The largest absolute Gasteiger partial charge is 0.496 e. The van der Waals surface area contributed by atoms with Crippen molar-refractivity contribution in [3.05, 3.63) is 39.9 Å². The van der Waals surface area contributed by atoms with Crippen LogP contribution < -0.4 is 4.74 Å². The first-order valence-corrected chi connectivity index (χ1v) is 7.22. The SMILES string of the molecule is COc1ccc2c(CBr)c(Br)ccc2c1C(F)(F)F. The van der Waals surface area contributed by atoms with Crippen LogP contribution in [0.15, 0.2) is 28.7 Å². The van der Waals surface area contributed by atoms with E-state index in [2.05, 4.69) is 31.9 Å². The molecule has 0 radical (unpaired) electrons. The van der Waals surface area contributed by atoms with Gasteiger partial charge in [0.25, 0.3) is 0 Å². The highest BCUT2D eigenvalue weighted by Gasteiger charge is 2.36. The second-order valence-corrected chi connectivity index (χ2v) is 5.31. The van der Waals surface area contributed by atoms with Crippen molar-refractivity contribution in [2.24, 2.45) is 0 Å². The molecule has 2 rings (SSSR count). The molecule has 0 aromatic heterocycles. The molecule has 0 unspecified atom stereocenters. The molecule has 0 bridgehead atoms. The summed E-state index contributed by atoms with van der Waals surface area (Å²) in [5.41, 5.74) is 0.0489. The van der Waals surface area contributed by atoms with Crippen LogP contribution in [0.2, 0.25) is 0 Å². The van der Waals surface area contributed by atoms with E-state index in [0.717, 1.165) is 10.0 Å². The zero-order valence-electron chi connectivity index (χ0n) is 9.81. The zero-order chi connectivity index (χ0) is 14.2. The van der Waals surface area contributed by atoms with Gasteiger partial charge in [0.15, 0.2) is 0 Å². The average molecular weight is 398 g/mol. The Hall–Kier alpha value is -0.750. The number of benzene rings is 2. The topological polar surface area (TPSA) is 9.23 Å². The van der Waals surface area contributed by atoms with Gasteiger partial charge in [-0.05, 0) is 28.5 Å².